The molecule has 3 aliphatic rings. The smallest absolute Gasteiger partial charge is 0.194 e. The fourth-order valence-corrected chi connectivity index (χ4v) is 5.01. The van der Waals surface area contributed by atoms with Gasteiger partial charge in [0.2, 0.25) is 0 Å². The van der Waals surface area contributed by atoms with Crippen LogP contribution in [0, 0.1) is 5.41 Å². The maximum Gasteiger partial charge on any atom is 0.194 e. The highest BCUT2D eigenvalue weighted by Crippen LogP contribution is 2.45. The number of aromatic nitrogens is 1. The number of nitrogens with zero attached hydrogens (tertiary/aromatic N) is 5. The first-order chi connectivity index (χ1) is 13.7. The van der Waals surface area contributed by atoms with Crippen molar-refractivity contribution in [1.29, 1.82) is 0 Å². The third-order valence-electron chi connectivity index (χ3n) is 6.79. The fraction of sp³-hybridized carbons (Fsp3) is 0.727. The molecule has 6 nitrogen and oxygen atoms in total. The van der Waals surface area contributed by atoms with E-state index in [0.29, 0.717) is 5.41 Å². The summed E-state index contributed by atoms with van der Waals surface area (Å²) in [6, 6.07) is 4.33. The predicted octanol–water partition coefficient (Wildman–Crippen LogP) is 2.57. The van der Waals surface area contributed by atoms with Crippen LogP contribution in [-0.4, -0.2) is 73.6 Å². The van der Waals surface area contributed by atoms with Gasteiger partial charge in [-0.2, -0.15) is 0 Å². The molecule has 1 N–H and O–H groups in total. The number of pyridine rings is 1. The van der Waals surface area contributed by atoms with Crippen molar-refractivity contribution in [3.63, 3.8) is 0 Å². The van der Waals surface area contributed by atoms with Crippen molar-refractivity contribution in [2.24, 2.45) is 10.4 Å². The summed E-state index contributed by atoms with van der Waals surface area (Å²) in [5.41, 5.74) is 1.82. The molecule has 0 atom stereocenters. The summed E-state index contributed by atoms with van der Waals surface area (Å²) in [5, 5.41) is 3.53. The molecule has 3 fully saturated rings. The van der Waals surface area contributed by atoms with Gasteiger partial charge in [-0.1, -0.05) is 12.8 Å². The molecule has 0 radical (unpaired) electrons. The van der Waals surface area contributed by atoms with Gasteiger partial charge >= 0.3 is 0 Å². The number of aliphatic imine (C=N–C) groups is 1. The molecule has 1 aromatic heterocycles. The van der Waals surface area contributed by atoms with Crippen LogP contribution >= 0.6 is 0 Å². The Balaban J connectivity index is 1.42. The van der Waals surface area contributed by atoms with Crippen LogP contribution < -0.4 is 10.2 Å². The Hall–Kier alpha value is -1.82. The summed E-state index contributed by atoms with van der Waals surface area (Å²) in [7, 11) is 2.19. The minimum Gasteiger partial charge on any atom is -0.357 e. The third kappa shape index (κ3) is 4.43. The van der Waals surface area contributed by atoms with Crippen molar-refractivity contribution < 1.29 is 0 Å². The second-order valence-electron chi connectivity index (χ2n) is 8.86. The molecule has 1 aromatic rings. The SMILES string of the molecule is CCNC(=NCc1ccnc(N2CCN(C)CC2)c1)N1CCC2(CCCC2)C1. The molecule has 6 heteroatoms. The van der Waals surface area contributed by atoms with Crippen molar-refractivity contribution >= 4 is 11.8 Å². The summed E-state index contributed by atoms with van der Waals surface area (Å²) in [6.45, 7) is 10.4. The van der Waals surface area contributed by atoms with Crippen molar-refractivity contribution in [2.45, 2.75) is 45.6 Å². The van der Waals surface area contributed by atoms with E-state index in [0.717, 1.165) is 57.6 Å². The van der Waals surface area contributed by atoms with Crippen molar-refractivity contribution in [1.82, 2.24) is 20.1 Å². The zero-order chi connectivity index (χ0) is 19.4. The van der Waals surface area contributed by atoms with Gasteiger partial charge in [-0.25, -0.2) is 9.98 Å². The molecule has 3 heterocycles. The van der Waals surface area contributed by atoms with E-state index in [1.807, 2.05) is 6.20 Å². The molecular weight excluding hydrogens is 348 g/mol. The van der Waals surface area contributed by atoms with Crippen LogP contribution in [0.4, 0.5) is 5.82 Å². The van der Waals surface area contributed by atoms with Crippen LogP contribution in [0.25, 0.3) is 0 Å². The number of hydrogen-bond donors (Lipinski definition) is 1. The van der Waals surface area contributed by atoms with E-state index in [1.165, 1.54) is 44.2 Å². The van der Waals surface area contributed by atoms with E-state index in [9.17, 15) is 0 Å². The lowest BCUT2D eigenvalue weighted by Gasteiger charge is -2.33. The standard InChI is InChI=1S/C22H36N6/c1-3-23-21(28-11-9-22(18-28)7-4-5-8-22)25-17-19-6-10-24-20(16-19)27-14-12-26(2)13-15-27/h6,10,16H,3-5,7-9,11-15,17-18H2,1-2H3,(H,23,25). The molecule has 4 rings (SSSR count). The Morgan fingerprint density at radius 2 is 1.93 bits per heavy atom. The molecule has 0 unspecified atom stereocenters. The van der Waals surface area contributed by atoms with E-state index < -0.39 is 0 Å². The molecule has 2 aliphatic heterocycles. The summed E-state index contributed by atoms with van der Waals surface area (Å²) in [4.78, 5) is 16.9. The Bertz CT molecular complexity index is 673. The number of rotatable bonds is 4. The van der Waals surface area contributed by atoms with Gasteiger partial charge in [-0.3, -0.25) is 0 Å². The quantitative estimate of drug-likeness (QED) is 0.639. The van der Waals surface area contributed by atoms with E-state index in [2.05, 4.69) is 51.1 Å². The highest BCUT2D eigenvalue weighted by Gasteiger charge is 2.41. The number of guanidine groups is 1. The summed E-state index contributed by atoms with van der Waals surface area (Å²) >= 11 is 0. The third-order valence-corrected chi connectivity index (χ3v) is 6.79. The minimum absolute atomic E-state index is 0.571. The van der Waals surface area contributed by atoms with Gasteiger partial charge in [-0.05, 0) is 56.3 Å². The molecule has 1 spiro atoms. The Labute approximate surface area is 170 Å². The number of likely N-dealkylation sites (N-methyl/N-ethyl adjacent to an activating group) is 1. The van der Waals surface area contributed by atoms with Gasteiger partial charge in [-0.15, -0.1) is 0 Å². The van der Waals surface area contributed by atoms with Gasteiger partial charge in [0.1, 0.15) is 5.82 Å². The largest absolute Gasteiger partial charge is 0.357 e. The minimum atomic E-state index is 0.571. The molecule has 2 saturated heterocycles. The first-order valence-electron chi connectivity index (χ1n) is 11.1. The van der Waals surface area contributed by atoms with Gasteiger partial charge in [0.15, 0.2) is 5.96 Å². The monoisotopic (exact) mass is 384 g/mol. The van der Waals surface area contributed by atoms with Gasteiger partial charge in [0.05, 0.1) is 6.54 Å². The van der Waals surface area contributed by atoms with Crippen molar-refractivity contribution in [2.75, 3.05) is 57.8 Å². The number of likely N-dealkylation sites (tertiary alicyclic amines) is 1. The lowest BCUT2D eigenvalue weighted by Crippen LogP contribution is -2.44. The summed E-state index contributed by atoms with van der Waals surface area (Å²) in [5.74, 6) is 2.18. The lowest BCUT2D eigenvalue weighted by atomic mass is 9.86. The van der Waals surface area contributed by atoms with E-state index in [4.69, 9.17) is 4.99 Å². The number of nitrogens with one attached hydrogen (secondary N) is 1. The van der Waals surface area contributed by atoms with Crippen molar-refractivity contribution in [3.05, 3.63) is 23.9 Å². The zero-order valence-corrected chi connectivity index (χ0v) is 17.7. The van der Waals surface area contributed by atoms with Crippen LogP contribution in [0.1, 0.15) is 44.6 Å². The van der Waals surface area contributed by atoms with Crippen LogP contribution in [0.5, 0.6) is 0 Å². The maximum absolute atomic E-state index is 5.00. The summed E-state index contributed by atoms with van der Waals surface area (Å²) in [6.07, 6.45) is 8.90. The van der Waals surface area contributed by atoms with Gasteiger partial charge in [0, 0.05) is 52.0 Å². The highest BCUT2D eigenvalue weighted by molar-refractivity contribution is 5.80. The topological polar surface area (TPSA) is 47.0 Å². The second kappa shape index (κ2) is 8.68. The Kier molecular flexibility index (Phi) is 6.04. The zero-order valence-electron chi connectivity index (χ0n) is 17.7. The molecule has 1 aliphatic carbocycles. The van der Waals surface area contributed by atoms with E-state index >= 15 is 0 Å². The maximum atomic E-state index is 5.00. The molecule has 28 heavy (non-hydrogen) atoms. The van der Waals surface area contributed by atoms with Gasteiger partial charge < -0.3 is 20.0 Å². The Morgan fingerprint density at radius 1 is 1.14 bits per heavy atom. The average Bonchev–Trinajstić information content (AvgIpc) is 3.36. The fourth-order valence-electron chi connectivity index (χ4n) is 5.01. The van der Waals surface area contributed by atoms with E-state index in [1.54, 1.807) is 0 Å². The first-order valence-corrected chi connectivity index (χ1v) is 11.1. The second-order valence-corrected chi connectivity index (χ2v) is 8.86. The van der Waals surface area contributed by atoms with Crippen LogP contribution in [-0.2, 0) is 6.54 Å². The molecule has 154 valence electrons. The first kappa shape index (κ1) is 19.5. The van der Waals surface area contributed by atoms with Crippen LogP contribution in [0.3, 0.4) is 0 Å². The molecule has 1 saturated carbocycles. The van der Waals surface area contributed by atoms with Crippen molar-refractivity contribution in [3.8, 4) is 0 Å². The number of hydrogen-bond acceptors (Lipinski definition) is 4. The molecule has 0 amide bonds. The lowest BCUT2D eigenvalue weighted by molar-refractivity contribution is 0.309. The average molecular weight is 385 g/mol. The highest BCUT2D eigenvalue weighted by atomic mass is 15.3. The summed E-state index contributed by atoms with van der Waals surface area (Å²) < 4.78 is 0. The molecular formula is C22H36N6. The molecule has 0 aromatic carbocycles. The van der Waals surface area contributed by atoms with E-state index in [-0.39, 0.29) is 0 Å². The van der Waals surface area contributed by atoms with Gasteiger partial charge in [0.25, 0.3) is 0 Å². The predicted molar refractivity (Wildman–Crippen MR) is 116 cm³/mol. The number of anilines is 1. The number of piperazine rings is 1. The van der Waals surface area contributed by atoms with Crippen LogP contribution in [0.15, 0.2) is 23.3 Å². The molecule has 0 bridgehead atoms. The van der Waals surface area contributed by atoms with Crippen LogP contribution in [0.2, 0.25) is 0 Å². The Morgan fingerprint density at radius 3 is 2.68 bits per heavy atom. The normalized spacial score (nSPS) is 23.0.